The minimum absolute atomic E-state index is 0.248. The standard InChI is InChI=1S/C13H17NO2/c1-3-11(13(15)16-4-2)9-10-5-7-12(14)8-6-10/h5-9H,3-4,14H2,1-2H3. The molecule has 16 heavy (non-hydrogen) atoms. The van der Waals surface area contributed by atoms with Crippen molar-refractivity contribution in [2.75, 3.05) is 12.3 Å². The van der Waals surface area contributed by atoms with Gasteiger partial charge >= 0.3 is 5.97 Å². The number of esters is 1. The lowest BCUT2D eigenvalue weighted by Crippen LogP contribution is -2.06. The monoisotopic (exact) mass is 219 g/mol. The zero-order valence-electron chi connectivity index (χ0n) is 9.69. The van der Waals surface area contributed by atoms with Crippen LogP contribution in [0, 0.1) is 0 Å². The second-order valence-corrected chi connectivity index (χ2v) is 3.41. The molecule has 0 aliphatic carbocycles. The van der Waals surface area contributed by atoms with Crippen LogP contribution in [0.2, 0.25) is 0 Å². The molecule has 0 aliphatic heterocycles. The zero-order valence-corrected chi connectivity index (χ0v) is 9.69. The maximum absolute atomic E-state index is 11.5. The third-order valence-electron chi connectivity index (χ3n) is 2.20. The summed E-state index contributed by atoms with van der Waals surface area (Å²) in [5.74, 6) is -0.248. The fourth-order valence-corrected chi connectivity index (χ4v) is 1.32. The molecule has 0 aliphatic rings. The lowest BCUT2D eigenvalue weighted by molar-refractivity contribution is -0.138. The quantitative estimate of drug-likeness (QED) is 0.481. The Labute approximate surface area is 95.9 Å². The summed E-state index contributed by atoms with van der Waals surface area (Å²) in [6.45, 7) is 4.13. The Morgan fingerprint density at radius 1 is 1.31 bits per heavy atom. The van der Waals surface area contributed by atoms with Crippen molar-refractivity contribution in [3.63, 3.8) is 0 Å². The molecule has 3 nitrogen and oxygen atoms in total. The summed E-state index contributed by atoms with van der Waals surface area (Å²) in [4.78, 5) is 11.5. The van der Waals surface area contributed by atoms with E-state index in [9.17, 15) is 4.79 Å². The first-order chi connectivity index (χ1) is 7.67. The predicted octanol–water partition coefficient (Wildman–Crippen LogP) is 2.63. The van der Waals surface area contributed by atoms with Gasteiger partial charge in [0.15, 0.2) is 0 Å². The van der Waals surface area contributed by atoms with E-state index in [4.69, 9.17) is 10.5 Å². The van der Waals surface area contributed by atoms with Crippen LogP contribution in [0.5, 0.6) is 0 Å². The maximum atomic E-state index is 11.5. The Balaban J connectivity index is 2.87. The van der Waals surface area contributed by atoms with Crippen molar-refractivity contribution >= 4 is 17.7 Å². The van der Waals surface area contributed by atoms with E-state index in [1.165, 1.54) is 0 Å². The van der Waals surface area contributed by atoms with E-state index >= 15 is 0 Å². The topological polar surface area (TPSA) is 52.3 Å². The summed E-state index contributed by atoms with van der Waals surface area (Å²) in [6, 6.07) is 7.38. The van der Waals surface area contributed by atoms with Gasteiger partial charge in [0.1, 0.15) is 0 Å². The van der Waals surface area contributed by atoms with Crippen LogP contribution >= 0.6 is 0 Å². The Morgan fingerprint density at radius 3 is 2.44 bits per heavy atom. The van der Waals surface area contributed by atoms with Gasteiger partial charge in [0.05, 0.1) is 6.61 Å². The number of nitrogens with two attached hydrogens (primary N) is 1. The SMILES string of the molecule is CCOC(=O)C(=Cc1ccc(N)cc1)CC. The van der Waals surface area contributed by atoms with Crippen molar-refractivity contribution in [1.29, 1.82) is 0 Å². The highest BCUT2D eigenvalue weighted by Gasteiger charge is 2.07. The van der Waals surface area contributed by atoms with Gasteiger partial charge in [-0.25, -0.2) is 4.79 Å². The molecule has 0 fully saturated rings. The summed E-state index contributed by atoms with van der Waals surface area (Å²) in [7, 11) is 0. The minimum atomic E-state index is -0.248. The van der Waals surface area contributed by atoms with E-state index in [0.29, 0.717) is 24.3 Å². The molecule has 1 aromatic carbocycles. The zero-order chi connectivity index (χ0) is 12.0. The molecule has 0 saturated carbocycles. The summed E-state index contributed by atoms with van der Waals surface area (Å²) in [6.07, 6.45) is 2.49. The molecule has 0 unspecified atom stereocenters. The number of rotatable bonds is 4. The largest absolute Gasteiger partial charge is 0.463 e. The van der Waals surface area contributed by atoms with Crippen LogP contribution in [0.4, 0.5) is 5.69 Å². The van der Waals surface area contributed by atoms with Crippen molar-refractivity contribution < 1.29 is 9.53 Å². The summed E-state index contributed by atoms with van der Waals surface area (Å²) in [5.41, 5.74) is 7.93. The molecular weight excluding hydrogens is 202 g/mol. The number of hydrogen-bond donors (Lipinski definition) is 1. The molecule has 0 heterocycles. The second-order valence-electron chi connectivity index (χ2n) is 3.41. The fourth-order valence-electron chi connectivity index (χ4n) is 1.32. The van der Waals surface area contributed by atoms with Crippen molar-refractivity contribution in [2.45, 2.75) is 20.3 Å². The van der Waals surface area contributed by atoms with E-state index < -0.39 is 0 Å². The van der Waals surface area contributed by atoms with Crippen LogP contribution < -0.4 is 5.73 Å². The van der Waals surface area contributed by atoms with Crippen LogP contribution in [0.1, 0.15) is 25.8 Å². The first kappa shape index (κ1) is 12.3. The molecule has 1 rings (SSSR count). The van der Waals surface area contributed by atoms with Gasteiger partial charge in [-0.05, 0) is 37.1 Å². The van der Waals surface area contributed by atoms with Gasteiger partial charge in [-0.2, -0.15) is 0 Å². The number of ether oxygens (including phenoxy) is 1. The number of anilines is 1. The molecular formula is C13H17NO2. The number of benzene rings is 1. The Hall–Kier alpha value is -1.77. The normalized spacial score (nSPS) is 11.2. The molecule has 1 aromatic rings. The highest BCUT2D eigenvalue weighted by molar-refractivity contribution is 5.93. The van der Waals surface area contributed by atoms with E-state index in [1.807, 2.05) is 37.3 Å². The van der Waals surface area contributed by atoms with Crippen LogP contribution in [0.25, 0.3) is 6.08 Å². The molecule has 0 saturated heterocycles. The maximum Gasteiger partial charge on any atom is 0.333 e. The Kier molecular flexibility index (Phi) is 4.58. The smallest absolute Gasteiger partial charge is 0.333 e. The van der Waals surface area contributed by atoms with Crippen molar-refractivity contribution in [2.24, 2.45) is 0 Å². The van der Waals surface area contributed by atoms with Crippen molar-refractivity contribution in [3.05, 3.63) is 35.4 Å². The average molecular weight is 219 g/mol. The first-order valence-electron chi connectivity index (χ1n) is 5.40. The third kappa shape index (κ3) is 3.42. The first-order valence-corrected chi connectivity index (χ1v) is 5.40. The highest BCUT2D eigenvalue weighted by atomic mass is 16.5. The molecule has 3 heteroatoms. The van der Waals surface area contributed by atoms with Gasteiger partial charge in [0, 0.05) is 11.3 Å². The van der Waals surface area contributed by atoms with Crippen LogP contribution in [-0.4, -0.2) is 12.6 Å². The molecule has 0 bridgehead atoms. The van der Waals surface area contributed by atoms with Crippen LogP contribution in [-0.2, 0) is 9.53 Å². The summed E-state index contributed by atoms with van der Waals surface area (Å²) in [5, 5.41) is 0. The number of carbonyl (C=O) groups excluding carboxylic acids is 1. The Bertz CT molecular complexity index is 379. The number of nitrogen functional groups attached to an aromatic ring is 1. The lowest BCUT2D eigenvalue weighted by atomic mass is 10.1. The van der Waals surface area contributed by atoms with Gasteiger partial charge in [-0.3, -0.25) is 0 Å². The van der Waals surface area contributed by atoms with Crippen molar-refractivity contribution in [1.82, 2.24) is 0 Å². The summed E-state index contributed by atoms with van der Waals surface area (Å²) >= 11 is 0. The van der Waals surface area contributed by atoms with E-state index in [-0.39, 0.29) is 5.97 Å². The van der Waals surface area contributed by atoms with E-state index in [0.717, 1.165) is 5.56 Å². The molecule has 2 N–H and O–H groups in total. The lowest BCUT2D eigenvalue weighted by Gasteiger charge is -2.04. The third-order valence-corrected chi connectivity index (χ3v) is 2.20. The Morgan fingerprint density at radius 2 is 1.94 bits per heavy atom. The second kappa shape index (κ2) is 5.95. The summed E-state index contributed by atoms with van der Waals surface area (Å²) < 4.78 is 4.96. The van der Waals surface area contributed by atoms with Gasteiger partial charge < -0.3 is 10.5 Å². The van der Waals surface area contributed by atoms with E-state index in [2.05, 4.69) is 0 Å². The number of hydrogen-bond acceptors (Lipinski definition) is 3. The fraction of sp³-hybridized carbons (Fsp3) is 0.308. The molecule has 0 amide bonds. The minimum Gasteiger partial charge on any atom is -0.463 e. The molecule has 0 atom stereocenters. The molecule has 0 spiro atoms. The highest BCUT2D eigenvalue weighted by Crippen LogP contribution is 2.13. The van der Waals surface area contributed by atoms with E-state index in [1.54, 1.807) is 6.92 Å². The van der Waals surface area contributed by atoms with Gasteiger partial charge in [0.2, 0.25) is 0 Å². The van der Waals surface area contributed by atoms with Gasteiger partial charge in [-0.1, -0.05) is 19.1 Å². The molecule has 86 valence electrons. The van der Waals surface area contributed by atoms with Crippen LogP contribution in [0.3, 0.4) is 0 Å². The average Bonchev–Trinajstić information content (AvgIpc) is 2.28. The molecule has 0 radical (unpaired) electrons. The van der Waals surface area contributed by atoms with Gasteiger partial charge in [-0.15, -0.1) is 0 Å². The van der Waals surface area contributed by atoms with Gasteiger partial charge in [0.25, 0.3) is 0 Å². The van der Waals surface area contributed by atoms with Crippen LogP contribution in [0.15, 0.2) is 29.8 Å². The van der Waals surface area contributed by atoms with Crippen molar-refractivity contribution in [3.8, 4) is 0 Å². The predicted molar refractivity (Wildman–Crippen MR) is 65.8 cm³/mol. The molecule has 0 aromatic heterocycles. The number of carbonyl (C=O) groups is 1.